The maximum absolute atomic E-state index is 12.4. The topological polar surface area (TPSA) is 51.4 Å². The largest absolute Gasteiger partial charge is 0.370 e. The van der Waals surface area contributed by atoms with E-state index in [-0.39, 0.29) is 5.91 Å². The van der Waals surface area contributed by atoms with Crippen LogP contribution < -0.4 is 10.2 Å². The Morgan fingerprint density at radius 2 is 1.83 bits per heavy atom. The van der Waals surface area contributed by atoms with E-state index in [9.17, 15) is 4.79 Å². The van der Waals surface area contributed by atoms with E-state index < -0.39 is 0 Å². The summed E-state index contributed by atoms with van der Waals surface area (Å²) in [6.45, 7) is 2.13. The summed E-state index contributed by atoms with van der Waals surface area (Å²) in [6.07, 6.45) is 2.33. The van der Waals surface area contributed by atoms with Gasteiger partial charge in [0.15, 0.2) is 0 Å². The fourth-order valence-electron chi connectivity index (χ4n) is 4.00. The highest BCUT2D eigenvalue weighted by atomic mass is 16.1. The molecule has 1 fully saturated rings. The Kier molecular flexibility index (Phi) is 6.19. The molecule has 2 heterocycles. The predicted octanol–water partition coefficient (Wildman–Crippen LogP) is 4.39. The van der Waals surface area contributed by atoms with Crippen LogP contribution in [-0.2, 0) is 11.2 Å². The monoisotopic (exact) mass is 402 g/mol. The zero-order valence-electron chi connectivity index (χ0n) is 17.8. The number of amides is 1. The second-order valence-electron chi connectivity index (χ2n) is 8.21. The number of rotatable bonds is 7. The molecule has 1 saturated heterocycles. The fraction of sp³-hybridized carbons (Fsp3) is 0.320. The number of nitrogens with zero attached hydrogens (tertiary/aromatic N) is 2. The summed E-state index contributed by atoms with van der Waals surface area (Å²) >= 11 is 0. The summed E-state index contributed by atoms with van der Waals surface area (Å²) in [5.41, 5.74) is 5.38. The number of aryl methyl sites for hydroxylation is 1. The summed E-state index contributed by atoms with van der Waals surface area (Å²) in [6, 6.07) is 23.2. The van der Waals surface area contributed by atoms with E-state index in [0.717, 1.165) is 35.7 Å². The number of nitrogens with one attached hydrogen (secondary N) is 2. The molecule has 3 aromatic rings. The number of hydrogen-bond donors (Lipinski definition) is 2. The molecule has 1 aliphatic heterocycles. The first-order valence-electron chi connectivity index (χ1n) is 10.6. The van der Waals surface area contributed by atoms with Gasteiger partial charge in [0.2, 0.25) is 5.91 Å². The summed E-state index contributed by atoms with van der Waals surface area (Å²) in [5, 5.41) is 3.02. The number of aromatic nitrogens is 1. The predicted molar refractivity (Wildman–Crippen MR) is 124 cm³/mol. The average molecular weight is 403 g/mol. The number of likely N-dealkylation sites (N-methyl/N-ethyl adjacent to an activating group) is 1. The summed E-state index contributed by atoms with van der Waals surface area (Å²) in [4.78, 5) is 20.5. The third kappa shape index (κ3) is 4.92. The van der Waals surface area contributed by atoms with Crippen LogP contribution >= 0.6 is 0 Å². The second-order valence-corrected chi connectivity index (χ2v) is 8.21. The molecule has 5 nitrogen and oxygen atoms in total. The van der Waals surface area contributed by atoms with Gasteiger partial charge in [0, 0.05) is 48.3 Å². The molecular formula is C25H30N4O. The molecule has 1 atom stereocenters. The Hall–Kier alpha value is -3.05. The highest BCUT2D eigenvalue weighted by Gasteiger charge is 2.23. The first-order chi connectivity index (χ1) is 14.6. The van der Waals surface area contributed by atoms with Gasteiger partial charge in [-0.2, -0.15) is 0 Å². The van der Waals surface area contributed by atoms with Crippen molar-refractivity contribution in [3.8, 4) is 11.3 Å². The maximum Gasteiger partial charge on any atom is 0.224 e. The van der Waals surface area contributed by atoms with E-state index >= 15 is 0 Å². The molecule has 4 rings (SSSR count). The van der Waals surface area contributed by atoms with Gasteiger partial charge in [-0.05, 0) is 68.9 Å². The number of carbonyl (C=O) groups is 1. The number of benzene rings is 2. The Morgan fingerprint density at radius 3 is 2.53 bits per heavy atom. The molecule has 0 spiro atoms. The lowest BCUT2D eigenvalue weighted by Gasteiger charge is -2.22. The van der Waals surface area contributed by atoms with Gasteiger partial charge < -0.3 is 20.1 Å². The van der Waals surface area contributed by atoms with Crippen LogP contribution in [0.15, 0.2) is 66.7 Å². The molecule has 0 bridgehead atoms. The number of H-pyrrole nitrogens is 1. The molecule has 30 heavy (non-hydrogen) atoms. The van der Waals surface area contributed by atoms with Gasteiger partial charge in [0.05, 0.1) is 0 Å². The third-order valence-electron chi connectivity index (χ3n) is 5.86. The van der Waals surface area contributed by atoms with Crippen molar-refractivity contribution in [2.45, 2.75) is 25.3 Å². The van der Waals surface area contributed by atoms with E-state index in [4.69, 9.17) is 0 Å². The highest BCUT2D eigenvalue weighted by molar-refractivity contribution is 5.91. The molecule has 1 unspecified atom stereocenters. The molecular weight excluding hydrogens is 372 g/mol. The van der Waals surface area contributed by atoms with Gasteiger partial charge in [-0.25, -0.2) is 0 Å². The van der Waals surface area contributed by atoms with Gasteiger partial charge in [0.1, 0.15) is 0 Å². The number of hydrogen-bond acceptors (Lipinski definition) is 3. The van der Waals surface area contributed by atoms with Crippen LogP contribution in [0.4, 0.5) is 11.4 Å². The molecule has 1 aliphatic rings. The van der Waals surface area contributed by atoms with E-state index in [1.165, 1.54) is 12.1 Å². The van der Waals surface area contributed by atoms with Crippen molar-refractivity contribution in [1.29, 1.82) is 0 Å². The minimum Gasteiger partial charge on any atom is -0.370 e. The van der Waals surface area contributed by atoms with Crippen molar-refractivity contribution < 1.29 is 4.79 Å². The Bertz CT molecular complexity index is 962. The molecule has 0 saturated carbocycles. The van der Waals surface area contributed by atoms with E-state index in [2.05, 4.69) is 70.6 Å². The smallest absolute Gasteiger partial charge is 0.224 e. The van der Waals surface area contributed by atoms with Crippen LogP contribution in [0.1, 0.15) is 18.5 Å². The molecule has 2 aromatic carbocycles. The van der Waals surface area contributed by atoms with Gasteiger partial charge in [-0.15, -0.1) is 0 Å². The van der Waals surface area contributed by atoms with Crippen molar-refractivity contribution in [2.75, 3.05) is 37.4 Å². The average Bonchev–Trinajstić information content (AvgIpc) is 3.44. The minimum atomic E-state index is 0.0347. The molecule has 0 aliphatic carbocycles. The zero-order valence-corrected chi connectivity index (χ0v) is 17.8. The SMILES string of the molecule is CN(C)C1CCN(c2ccc(NC(=O)CCc3ccc(-c4ccccc4)[nH]3)cc2)C1. The Labute approximate surface area is 178 Å². The highest BCUT2D eigenvalue weighted by Crippen LogP contribution is 2.24. The van der Waals surface area contributed by atoms with Crippen molar-refractivity contribution >= 4 is 17.3 Å². The molecule has 156 valence electrons. The Balaban J connectivity index is 1.27. The van der Waals surface area contributed by atoms with Gasteiger partial charge in [0.25, 0.3) is 0 Å². The third-order valence-corrected chi connectivity index (χ3v) is 5.86. The molecule has 1 amide bonds. The van der Waals surface area contributed by atoms with Crippen LogP contribution in [0.2, 0.25) is 0 Å². The Morgan fingerprint density at radius 1 is 1.07 bits per heavy atom. The van der Waals surface area contributed by atoms with Gasteiger partial charge in [-0.1, -0.05) is 30.3 Å². The van der Waals surface area contributed by atoms with E-state index in [1.807, 2.05) is 30.3 Å². The second kappa shape index (κ2) is 9.18. The number of anilines is 2. The first-order valence-corrected chi connectivity index (χ1v) is 10.6. The van der Waals surface area contributed by atoms with Crippen LogP contribution in [0.25, 0.3) is 11.3 Å². The van der Waals surface area contributed by atoms with Gasteiger partial charge in [-0.3, -0.25) is 4.79 Å². The molecule has 0 radical (unpaired) electrons. The number of carbonyl (C=O) groups excluding carboxylic acids is 1. The van der Waals surface area contributed by atoms with Gasteiger partial charge >= 0.3 is 0 Å². The summed E-state index contributed by atoms with van der Waals surface area (Å²) in [7, 11) is 4.28. The molecule has 2 N–H and O–H groups in total. The minimum absolute atomic E-state index is 0.0347. The first kappa shape index (κ1) is 20.2. The normalized spacial score (nSPS) is 16.2. The summed E-state index contributed by atoms with van der Waals surface area (Å²) in [5.74, 6) is 0.0347. The van der Waals surface area contributed by atoms with Crippen LogP contribution in [-0.4, -0.2) is 49.0 Å². The number of aromatic amines is 1. The van der Waals surface area contributed by atoms with Crippen LogP contribution in [0.3, 0.4) is 0 Å². The molecule has 5 heteroatoms. The maximum atomic E-state index is 12.4. The lowest BCUT2D eigenvalue weighted by atomic mass is 10.2. The van der Waals surface area contributed by atoms with Crippen molar-refractivity contribution in [3.05, 3.63) is 72.4 Å². The summed E-state index contributed by atoms with van der Waals surface area (Å²) < 4.78 is 0. The lowest BCUT2D eigenvalue weighted by molar-refractivity contribution is -0.116. The van der Waals surface area contributed by atoms with Crippen LogP contribution in [0, 0.1) is 0 Å². The van der Waals surface area contributed by atoms with Crippen molar-refractivity contribution in [3.63, 3.8) is 0 Å². The quantitative estimate of drug-likeness (QED) is 0.616. The fourth-order valence-corrected chi connectivity index (χ4v) is 4.00. The zero-order chi connectivity index (χ0) is 20.9. The lowest BCUT2D eigenvalue weighted by Crippen LogP contribution is -2.31. The van der Waals surface area contributed by atoms with Crippen molar-refractivity contribution in [1.82, 2.24) is 9.88 Å². The van der Waals surface area contributed by atoms with Crippen molar-refractivity contribution in [2.24, 2.45) is 0 Å². The van der Waals surface area contributed by atoms with E-state index in [0.29, 0.717) is 18.9 Å². The standard InChI is InChI=1S/C25H30N4O/c1-28(2)23-16-17-29(18-23)22-12-8-21(9-13-22)27-25(30)15-11-20-10-14-24(26-20)19-6-4-3-5-7-19/h3-10,12-14,23,26H,11,15-18H2,1-2H3,(H,27,30). The molecule has 1 aromatic heterocycles. The van der Waals surface area contributed by atoms with E-state index in [1.54, 1.807) is 0 Å². The van der Waals surface area contributed by atoms with Crippen LogP contribution in [0.5, 0.6) is 0 Å².